The summed E-state index contributed by atoms with van der Waals surface area (Å²) >= 11 is 0. The lowest BCUT2D eigenvalue weighted by Gasteiger charge is -2.08. The fourth-order valence-corrected chi connectivity index (χ4v) is 1.83. The Hall–Kier alpha value is -2.51. The molecule has 0 aliphatic carbocycles. The Morgan fingerprint density at radius 2 is 2.15 bits per heavy atom. The van der Waals surface area contributed by atoms with Crippen LogP contribution in [0.25, 0.3) is 0 Å². The Morgan fingerprint density at radius 1 is 1.35 bits per heavy atom. The van der Waals surface area contributed by atoms with Gasteiger partial charge in [0.05, 0.1) is 11.8 Å². The van der Waals surface area contributed by atoms with Crippen LogP contribution in [-0.4, -0.2) is 17.6 Å². The third kappa shape index (κ3) is 3.08. The molecular weight excluding hydrogens is 254 g/mol. The van der Waals surface area contributed by atoms with Crippen LogP contribution in [0.1, 0.15) is 27.2 Å². The van der Waals surface area contributed by atoms with E-state index in [1.807, 2.05) is 13.0 Å². The van der Waals surface area contributed by atoms with Crippen molar-refractivity contribution in [3.8, 4) is 11.8 Å². The molecule has 0 saturated heterocycles. The molecule has 0 aliphatic heterocycles. The minimum Gasteiger partial charge on any atom is -0.469 e. The molecule has 0 spiro atoms. The van der Waals surface area contributed by atoms with Crippen molar-refractivity contribution in [1.82, 2.24) is 0 Å². The molecular formula is C16H15NO3. The van der Waals surface area contributed by atoms with Crippen molar-refractivity contribution in [3.63, 3.8) is 0 Å². The smallest absolute Gasteiger partial charge is 0.259 e. The van der Waals surface area contributed by atoms with Gasteiger partial charge in [-0.3, -0.25) is 4.79 Å². The Balaban J connectivity index is 2.18. The van der Waals surface area contributed by atoms with Crippen LogP contribution >= 0.6 is 0 Å². The molecule has 1 aromatic carbocycles. The van der Waals surface area contributed by atoms with Gasteiger partial charge in [0.25, 0.3) is 5.91 Å². The number of hydrogen-bond acceptors (Lipinski definition) is 3. The van der Waals surface area contributed by atoms with Crippen LogP contribution in [0.15, 0.2) is 34.9 Å². The van der Waals surface area contributed by atoms with Gasteiger partial charge >= 0.3 is 0 Å². The molecule has 1 amide bonds. The van der Waals surface area contributed by atoms with Gasteiger partial charge in [0.2, 0.25) is 0 Å². The Bertz CT molecular complexity index is 689. The van der Waals surface area contributed by atoms with Gasteiger partial charge < -0.3 is 14.8 Å². The van der Waals surface area contributed by atoms with E-state index in [0.29, 0.717) is 11.3 Å². The minimum absolute atomic E-state index is 0.169. The highest BCUT2D eigenvalue weighted by atomic mass is 16.3. The maximum absolute atomic E-state index is 12.1. The second-order valence-electron chi connectivity index (χ2n) is 4.33. The summed E-state index contributed by atoms with van der Waals surface area (Å²) in [7, 11) is 0. The van der Waals surface area contributed by atoms with Crippen molar-refractivity contribution in [2.45, 2.75) is 13.8 Å². The Labute approximate surface area is 117 Å². The van der Waals surface area contributed by atoms with Gasteiger partial charge in [-0.25, -0.2) is 0 Å². The predicted octanol–water partition coefficient (Wildman–Crippen LogP) is 2.49. The van der Waals surface area contributed by atoms with Gasteiger partial charge in [-0.05, 0) is 43.7 Å². The first-order valence-corrected chi connectivity index (χ1v) is 6.17. The number of carbonyl (C=O) groups is 1. The molecule has 20 heavy (non-hydrogen) atoms. The number of aliphatic hydroxyl groups excluding tert-OH is 1. The summed E-state index contributed by atoms with van der Waals surface area (Å²) in [5.74, 6) is 5.80. The number of nitrogens with one attached hydrogen (secondary N) is 1. The number of benzene rings is 1. The third-order valence-electron chi connectivity index (χ3n) is 2.89. The number of carbonyl (C=O) groups excluding carboxylic acids is 1. The molecule has 1 aromatic heterocycles. The summed E-state index contributed by atoms with van der Waals surface area (Å²) in [6.07, 6.45) is 1.49. The fourth-order valence-electron chi connectivity index (χ4n) is 1.83. The van der Waals surface area contributed by atoms with E-state index in [1.165, 1.54) is 6.26 Å². The first-order chi connectivity index (χ1) is 9.61. The average molecular weight is 269 g/mol. The largest absolute Gasteiger partial charge is 0.469 e. The molecule has 0 radical (unpaired) electrons. The first kappa shape index (κ1) is 13.9. The molecule has 2 N–H and O–H groups in total. The minimum atomic E-state index is -0.200. The number of aliphatic hydroxyl groups is 1. The van der Waals surface area contributed by atoms with Gasteiger partial charge in [-0.15, -0.1) is 0 Å². The summed E-state index contributed by atoms with van der Waals surface area (Å²) in [6.45, 7) is 3.47. The maximum atomic E-state index is 12.1. The second-order valence-corrected chi connectivity index (χ2v) is 4.33. The van der Waals surface area contributed by atoms with E-state index in [4.69, 9.17) is 9.52 Å². The van der Waals surface area contributed by atoms with Crippen molar-refractivity contribution >= 4 is 11.6 Å². The van der Waals surface area contributed by atoms with Crippen LogP contribution in [-0.2, 0) is 0 Å². The van der Waals surface area contributed by atoms with E-state index in [-0.39, 0.29) is 12.5 Å². The zero-order valence-corrected chi connectivity index (χ0v) is 11.4. The number of aryl methyl sites for hydroxylation is 2. The zero-order valence-electron chi connectivity index (χ0n) is 11.4. The molecule has 0 bridgehead atoms. The van der Waals surface area contributed by atoms with Gasteiger partial charge in [-0.2, -0.15) is 0 Å². The van der Waals surface area contributed by atoms with Gasteiger partial charge in [0.15, 0.2) is 0 Å². The fraction of sp³-hybridized carbons (Fsp3) is 0.188. The van der Waals surface area contributed by atoms with Crippen LogP contribution in [0.2, 0.25) is 0 Å². The van der Waals surface area contributed by atoms with E-state index in [2.05, 4.69) is 17.2 Å². The monoisotopic (exact) mass is 269 g/mol. The molecule has 4 nitrogen and oxygen atoms in total. The van der Waals surface area contributed by atoms with E-state index in [9.17, 15) is 4.79 Å². The molecule has 102 valence electrons. The maximum Gasteiger partial charge on any atom is 0.259 e. The molecule has 2 rings (SSSR count). The van der Waals surface area contributed by atoms with Crippen molar-refractivity contribution < 1.29 is 14.3 Å². The van der Waals surface area contributed by atoms with E-state index in [0.717, 1.165) is 16.8 Å². The van der Waals surface area contributed by atoms with Gasteiger partial charge in [0.1, 0.15) is 12.4 Å². The predicted molar refractivity (Wildman–Crippen MR) is 76.5 cm³/mol. The second kappa shape index (κ2) is 6.09. The number of rotatable bonds is 2. The lowest BCUT2D eigenvalue weighted by Crippen LogP contribution is -2.13. The molecule has 0 saturated carbocycles. The highest BCUT2D eigenvalue weighted by Gasteiger charge is 2.12. The van der Waals surface area contributed by atoms with Crippen molar-refractivity contribution in [1.29, 1.82) is 0 Å². The molecule has 0 unspecified atom stereocenters. The van der Waals surface area contributed by atoms with Crippen LogP contribution in [0.5, 0.6) is 0 Å². The zero-order chi connectivity index (χ0) is 14.5. The van der Waals surface area contributed by atoms with Crippen LogP contribution in [0.4, 0.5) is 5.69 Å². The highest BCUT2D eigenvalue weighted by Crippen LogP contribution is 2.18. The van der Waals surface area contributed by atoms with E-state index in [1.54, 1.807) is 25.1 Å². The number of hydrogen-bond donors (Lipinski definition) is 2. The van der Waals surface area contributed by atoms with Crippen molar-refractivity contribution in [3.05, 3.63) is 53.0 Å². The lowest BCUT2D eigenvalue weighted by atomic mass is 10.1. The standard InChI is InChI=1S/C16H15NO3/c1-11-10-13(4-3-8-18)5-6-15(11)17-16(19)14-7-9-20-12(14)2/h5-7,9-10,18H,8H2,1-2H3,(H,17,19). The lowest BCUT2D eigenvalue weighted by molar-refractivity contribution is 0.102. The number of amides is 1. The Kier molecular flexibility index (Phi) is 4.24. The van der Waals surface area contributed by atoms with E-state index >= 15 is 0 Å². The van der Waals surface area contributed by atoms with Crippen molar-refractivity contribution in [2.24, 2.45) is 0 Å². The molecule has 0 atom stereocenters. The third-order valence-corrected chi connectivity index (χ3v) is 2.89. The summed E-state index contributed by atoms with van der Waals surface area (Å²) in [5, 5.41) is 11.5. The quantitative estimate of drug-likeness (QED) is 0.823. The highest BCUT2D eigenvalue weighted by molar-refractivity contribution is 6.05. The molecule has 2 aromatic rings. The van der Waals surface area contributed by atoms with Gasteiger partial charge in [-0.1, -0.05) is 11.8 Å². The van der Waals surface area contributed by atoms with Crippen LogP contribution in [0, 0.1) is 25.7 Å². The number of anilines is 1. The molecule has 4 heteroatoms. The summed E-state index contributed by atoms with van der Waals surface area (Å²) in [5.41, 5.74) is 2.96. The van der Waals surface area contributed by atoms with Crippen LogP contribution in [0.3, 0.4) is 0 Å². The SMILES string of the molecule is Cc1cc(C#CCO)ccc1NC(=O)c1ccoc1C. The molecule has 0 fully saturated rings. The summed E-state index contributed by atoms with van der Waals surface area (Å²) < 4.78 is 5.11. The summed E-state index contributed by atoms with van der Waals surface area (Å²) in [6, 6.07) is 7.10. The molecule has 0 aliphatic rings. The number of furan rings is 1. The topological polar surface area (TPSA) is 62.5 Å². The first-order valence-electron chi connectivity index (χ1n) is 6.17. The van der Waals surface area contributed by atoms with E-state index < -0.39 is 0 Å². The average Bonchev–Trinajstić information content (AvgIpc) is 2.85. The van der Waals surface area contributed by atoms with Crippen molar-refractivity contribution in [2.75, 3.05) is 11.9 Å². The summed E-state index contributed by atoms with van der Waals surface area (Å²) in [4.78, 5) is 12.1. The normalized spacial score (nSPS) is 9.75. The van der Waals surface area contributed by atoms with Crippen LogP contribution < -0.4 is 5.32 Å². The Morgan fingerprint density at radius 3 is 2.75 bits per heavy atom. The van der Waals surface area contributed by atoms with Gasteiger partial charge in [0, 0.05) is 11.3 Å². The molecule has 1 heterocycles.